The first kappa shape index (κ1) is 19.1. The van der Waals surface area contributed by atoms with E-state index in [1.807, 2.05) is 4.90 Å². The quantitative estimate of drug-likeness (QED) is 0.834. The first-order valence-electron chi connectivity index (χ1n) is 11.0. The Morgan fingerprint density at radius 1 is 0.933 bits per heavy atom. The molecule has 3 aliphatic rings. The Bertz CT molecular complexity index is 948. The number of rotatable bonds is 2. The lowest BCUT2D eigenvalue weighted by Gasteiger charge is -2.51. The van der Waals surface area contributed by atoms with Crippen LogP contribution in [-0.2, 0) is 17.6 Å². The lowest BCUT2D eigenvalue weighted by molar-refractivity contribution is -0.147. The zero-order chi connectivity index (χ0) is 20.7. The molecule has 6 heteroatoms. The van der Waals surface area contributed by atoms with Gasteiger partial charge < -0.3 is 15.5 Å². The summed E-state index contributed by atoms with van der Waals surface area (Å²) in [7, 11) is 0. The van der Waals surface area contributed by atoms with Crippen LogP contribution in [0.25, 0.3) is 0 Å². The van der Waals surface area contributed by atoms with E-state index >= 15 is 0 Å². The maximum atomic E-state index is 13.3. The molecule has 2 fully saturated rings. The molecular weight excluding hydrogens is 376 g/mol. The average molecular weight is 405 g/mol. The fraction of sp³-hybridized carbons (Fsp3) is 0.458. The minimum atomic E-state index is -0.0796. The molecule has 1 saturated heterocycles. The predicted molar refractivity (Wildman–Crippen MR) is 115 cm³/mol. The van der Waals surface area contributed by atoms with E-state index in [0.29, 0.717) is 24.0 Å². The van der Waals surface area contributed by atoms with E-state index in [4.69, 9.17) is 5.73 Å². The number of hydrogen-bond acceptors (Lipinski definition) is 4. The van der Waals surface area contributed by atoms with Gasteiger partial charge in [-0.1, -0.05) is 30.3 Å². The van der Waals surface area contributed by atoms with Gasteiger partial charge in [0.25, 0.3) is 5.91 Å². The molecule has 0 unspecified atom stereocenters. The zero-order valence-electron chi connectivity index (χ0n) is 17.2. The second-order valence-electron chi connectivity index (χ2n) is 8.85. The number of nitrogen functional groups attached to an aromatic ring is 1. The summed E-state index contributed by atoms with van der Waals surface area (Å²) in [4.78, 5) is 34.3. The third-order valence-corrected chi connectivity index (χ3v) is 7.21. The van der Waals surface area contributed by atoms with E-state index in [9.17, 15) is 9.59 Å². The number of likely N-dealkylation sites (tertiary alicyclic amines) is 1. The van der Waals surface area contributed by atoms with Crippen LogP contribution in [0, 0.1) is 17.8 Å². The number of nitrogens with two attached hydrogens (primary N) is 1. The van der Waals surface area contributed by atoms with Crippen LogP contribution in [0.2, 0.25) is 0 Å². The van der Waals surface area contributed by atoms with Crippen LogP contribution < -0.4 is 5.73 Å². The molecule has 2 amide bonds. The number of piperidine rings is 1. The largest absolute Gasteiger partial charge is 0.384 e. The Labute approximate surface area is 177 Å². The van der Waals surface area contributed by atoms with Gasteiger partial charge in [-0.05, 0) is 60.8 Å². The molecule has 0 radical (unpaired) electrons. The van der Waals surface area contributed by atoms with Gasteiger partial charge in [0.1, 0.15) is 11.5 Å². The Kier molecular flexibility index (Phi) is 4.93. The van der Waals surface area contributed by atoms with Gasteiger partial charge in [0.15, 0.2) is 0 Å². The number of nitrogens with zero attached hydrogens (tertiary/aromatic N) is 3. The number of benzene rings is 1. The van der Waals surface area contributed by atoms with E-state index in [-0.39, 0.29) is 23.7 Å². The molecule has 6 nitrogen and oxygen atoms in total. The summed E-state index contributed by atoms with van der Waals surface area (Å²) in [5, 5.41) is 0. The minimum absolute atomic E-state index is 0.0422. The third-order valence-electron chi connectivity index (χ3n) is 7.21. The van der Waals surface area contributed by atoms with Crippen molar-refractivity contribution in [3.63, 3.8) is 0 Å². The van der Waals surface area contributed by atoms with E-state index in [1.165, 1.54) is 11.1 Å². The lowest BCUT2D eigenvalue weighted by Crippen LogP contribution is -2.56. The monoisotopic (exact) mass is 404 g/mol. The van der Waals surface area contributed by atoms with E-state index in [1.54, 1.807) is 18.2 Å². The van der Waals surface area contributed by atoms with Crippen LogP contribution in [0.5, 0.6) is 0 Å². The molecule has 2 N–H and O–H groups in total. The van der Waals surface area contributed by atoms with Gasteiger partial charge in [0.2, 0.25) is 5.91 Å². The number of hydrogen-bond donors (Lipinski definition) is 1. The van der Waals surface area contributed by atoms with Crippen molar-refractivity contribution in [2.24, 2.45) is 17.8 Å². The molecule has 1 aromatic heterocycles. The summed E-state index contributed by atoms with van der Waals surface area (Å²) < 4.78 is 0. The average Bonchev–Trinajstić information content (AvgIpc) is 2.97. The normalized spacial score (nSPS) is 25.5. The second-order valence-corrected chi connectivity index (χ2v) is 8.85. The maximum absolute atomic E-state index is 13.3. The summed E-state index contributed by atoms with van der Waals surface area (Å²) >= 11 is 0. The van der Waals surface area contributed by atoms with Crippen LogP contribution in [0.3, 0.4) is 0 Å². The minimum Gasteiger partial charge on any atom is -0.384 e. The molecule has 0 spiro atoms. The summed E-state index contributed by atoms with van der Waals surface area (Å²) in [6.07, 6.45) is 3.78. The van der Waals surface area contributed by atoms with Crippen LogP contribution in [0.15, 0.2) is 42.5 Å². The first-order chi connectivity index (χ1) is 14.6. The zero-order valence-corrected chi connectivity index (χ0v) is 17.2. The predicted octanol–water partition coefficient (Wildman–Crippen LogP) is 2.39. The summed E-state index contributed by atoms with van der Waals surface area (Å²) in [5.74, 6) is 1.42. The number of carbonyl (C=O) groups excluding carboxylic acids is 2. The standard InChI is InChI=1S/C24H28N4O2/c25-22-7-3-6-21(26-22)24(30)28-13-10-18-14-19(20(18)15-28)23(29)27-11-8-16-4-1-2-5-17(16)9-12-27/h1-7,18-20H,8-15H2,(H2,25,26)/t18-,19-,20-/m1/s1. The van der Waals surface area contributed by atoms with Gasteiger partial charge in [-0.2, -0.15) is 0 Å². The molecule has 1 saturated carbocycles. The molecule has 2 aliphatic heterocycles. The smallest absolute Gasteiger partial charge is 0.272 e. The van der Waals surface area contributed by atoms with Gasteiger partial charge in [-0.15, -0.1) is 0 Å². The van der Waals surface area contributed by atoms with Crippen molar-refractivity contribution in [1.82, 2.24) is 14.8 Å². The van der Waals surface area contributed by atoms with Crippen LogP contribution in [0.4, 0.5) is 5.82 Å². The highest BCUT2D eigenvalue weighted by atomic mass is 16.2. The van der Waals surface area contributed by atoms with Crippen molar-refractivity contribution < 1.29 is 9.59 Å². The molecule has 2 aromatic rings. The first-order valence-corrected chi connectivity index (χ1v) is 11.0. The Hall–Kier alpha value is -2.89. The van der Waals surface area contributed by atoms with E-state index in [0.717, 1.165) is 45.3 Å². The van der Waals surface area contributed by atoms with Crippen LogP contribution in [0.1, 0.15) is 34.5 Å². The summed E-state index contributed by atoms with van der Waals surface area (Å²) in [6.45, 7) is 2.96. The van der Waals surface area contributed by atoms with Gasteiger partial charge in [0, 0.05) is 32.1 Å². The topological polar surface area (TPSA) is 79.5 Å². The van der Waals surface area contributed by atoms with Crippen molar-refractivity contribution in [1.29, 1.82) is 0 Å². The molecule has 30 heavy (non-hydrogen) atoms. The van der Waals surface area contributed by atoms with Crippen molar-refractivity contribution in [3.05, 3.63) is 59.3 Å². The Morgan fingerprint density at radius 2 is 1.67 bits per heavy atom. The maximum Gasteiger partial charge on any atom is 0.272 e. The summed E-state index contributed by atoms with van der Waals surface area (Å²) in [6, 6.07) is 13.7. The van der Waals surface area contributed by atoms with Crippen molar-refractivity contribution in [3.8, 4) is 0 Å². The van der Waals surface area contributed by atoms with E-state index in [2.05, 4.69) is 34.1 Å². The van der Waals surface area contributed by atoms with Crippen molar-refractivity contribution in [2.45, 2.75) is 25.7 Å². The van der Waals surface area contributed by atoms with E-state index < -0.39 is 0 Å². The molecule has 3 heterocycles. The molecule has 3 atom stereocenters. The molecule has 0 bridgehead atoms. The van der Waals surface area contributed by atoms with Gasteiger partial charge in [0.05, 0.1) is 0 Å². The molecule has 1 aromatic carbocycles. The molecular formula is C24H28N4O2. The molecule has 156 valence electrons. The fourth-order valence-electron chi connectivity index (χ4n) is 5.41. The Balaban J connectivity index is 1.24. The SMILES string of the molecule is Nc1cccc(C(=O)N2CC[C@@H]3C[C@@H](C(=O)N4CCc5ccccc5CC4)[C@@H]3C2)n1. The van der Waals surface area contributed by atoms with Crippen LogP contribution >= 0.6 is 0 Å². The summed E-state index contributed by atoms with van der Waals surface area (Å²) in [5.41, 5.74) is 8.86. The Morgan fingerprint density at radius 3 is 2.37 bits per heavy atom. The highest BCUT2D eigenvalue weighted by Crippen LogP contribution is 2.46. The highest BCUT2D eigenvalue weighted by molar-refractivity contribution is 5.92. The number of fused-ring (bicyclic) bond motifs is 2. The number of anilines is 1. The number of aromatic nitrogens is 1. The van der Waals surface area contributed by atoms with Crippen LogP contribution in [-0.4, -0.2) is 52.8 Å². The molecule has 1 aliphatic carbocycles. The highest BCUT2D eigenvalue weighted by Gasteiger charge is 2.49. The van der Waals surface area contributed by atoms with Gasteiger partial charge >= 0.3 is 0 Å². The lowest BCUT2D eigenvalue weighted by atomic mass is 9.61. The molecule has 5 rings (SSSR count). The van der Waals surface area contributed by atoms with Gasteiger partial charge in [-0.25, -0.2) is 4.98 Å². The second kappa shape index (κ2) is 7.74. The third kappa shape index (κ3) is 3.44. The van der Waals surface area contributed by atoms with Crippen molar-refractivity contribution >= 4 is 17.6 Å². The number of carbonyl (C=O) groups is 2. The fourth-order valence-corrected chi connectivity index (χ4v) is 5.41. The number of pyridine rings is 1. The number of amides is 2. The van der Waals surface area contributed by atoms with Gasteiger partial charge in [-0.3, -0.25) is 9.59 Å². The van der Waals surface area contributed by atoms with Crippen molar-refractivity contribution in [2.75, 3.05) is 31.9 Å².